The lowest BCUT2D eigenvalue weighted by molar-refractivity contribution is -0.120. The zero-order valence-corrected chi connectivity index (χ0v) is 12.4. The normalized spacial score (nSPS) is 18.0. The lowest BCUT2D eigenvalue weighted by Crippen LogP contribution is -2.39. The Kier molecular flexibility index (Phi) is 3.62. The fraction of sp³-hybridized carbons (Fsp3) is 0.500. The van der Waals surface area contributed by atoms with E-state index in [0.29, 0.717) is 24.6 Å². The summed E-state index contributed by atoms with van der Waals surface area (Å²) in [5, 5.41) is 0. The maximum atomic E-state index is 12.3. The van der Waals surface area contributed by atoms with E-state index in [1.165, 1.54) is 12.1 Å². The van der Waals surface area contributed by atoms with Gasteiger partial charge in [0.2, 0.25) is 5.91 Å². The highest BCUT2D eigenvalue weighted by Gasteiger charge is 2.36. The number of fused-ring (bicyclic) bond motifs is 1. The Labute approximate surface area is 123 Å². The van der Waals surface area contributed by atoms with Gasteiger partial charge in [-0.1, -0.05) is 0 Å². The maximum absolute atomic E-state index is 12.3. The van der Waals surface area contributed by atoms with E-state index in [2.05, 4.69) is 0 Å². The van der Waals surface area contributed by atoms with Crippen LogP contribution in [0.5, 0.6) is 5.75 Å². The summed E-state index contributed by atoms with van der Waals surface area (Å²) >= 11 is 0. The molecule has 0 spiro atoms. The van der Waals surface area contributed by atoms with Gasteiger partial charge in [0.1, 0.15) is 12.4 Å². The van der Waals surface area contributed by atoms with Gasteiger partial charge in [-0.15, -0.1) is 0 Å². The summed E-state index contributed by atoms with van der Waals surface area (Å²) < 4.78 is 29.8. The van der Waals surface area contributed by atoms with Gasteiger partial charge in [0, 0.05) is 12.5 Å². The van der Waals surface area contributed by atoms with Crippen molar-refractivity contribution in [2.75, 3.05) is 30.3 Å². The van der Waals surface area contributed by atoms with Crippen molar-refractivity contribution in [2.45, 2.75) is 17.7 Å². The van der Waals surface area contributed by atoms with Crippen molar-refractivity contribution < 1.29 is 17.9 Å². The SMILES string of the molecule is NCCS(=O)(=O)c1ccc2c(c1)N(C(=O)C1CC1)CCO2. The largest absolute Gasteiger partial charge is 0.490 e. The number of anilines is 1. The van der Waals surface area contributed by atoms with Crippen LogP contribution in [-0.4, -0.2) is 39.8 Å². The van der Waals surface area contributed by atoms with Gasteiger partial charge in [-0.05, 0) is 31.0 Å². The smallest absolute Gasteiger partial charge is 0.230 e. The molecule has 0 aromatic heterocycles. The third-order valence-corrected chi connectivity index (χ3v) is 5.48. The second-order valence-corrected chi connectivity index (χ2v) is 7.46. The van der Waals surface area contributed by atoms with Crippen molar-refractivity contribution in [1.29, 1.82) is 0 Å². The van der Waals surface area contributed by atoms with Gasteiger partial charge >= 0.3 is 0 Å². The summed E-state index contributed by atoms with van der Waals surface area (Å²) in [6, 6.07) is 4.65. The molecule has 1 aromatic carbocycles. The molecule has 1 aliphatic heterocycles. The number of carbonyl (C=O) groups is 1. The van der Waals surface area contributed by atoms with Gasteiger partial charge in [-0.2, -0.15) is 0 Å². The zero-order valence-electron chi connectivity index (χ0n) is 11.6. The van der Waals surface area contributed by atoms with Crippen LogP contribution in [0.2, 0.25) is 0 Å². The number of nitrogens with zero attached hydrogens (tertiary/aromatic N) is 1. The fourth-order valence-corrected chi connectivity index (χ4v) is 3.56. The van der Waals surface area contributed by atoms with Crippen LogP contribution in [0, 0.1) is 5.92 Å². The van der Waals surface area contributed by atoms with Crippen molar-refractivity contribution >= 4 is 21.4 Å². The summed E-state index contributed by atoms with van der Waals surface area (Å²) in [4.78, 5) is 14.1. The number of sulfone groups is 1. The van der Waals surface area contributed by atoms with E-state index in [1.807, 2.05) is 0 Å². The Morgan fingerprint density at radius 2 is 2.14 bits per heavy atom. The predicted octanol–water partition coefficient (Wildman–Crippen LogP) is 0.554. The fourth-order valence-electron chi connectivity index (χ4n) is 2.44. The lowest BCUT2D eigenvalue weighted by atomic mass is 10.2. The van der Waals surface area contributed by atoms with E-state index in [1.54, 1.807) is 11.0 Å². The number of hydrogen-bond donors (Lipinski definition) is 1. The first kappa shape index (κ1) is 14.3. The van der Waals surface area contributed by atoms with E-state index < -0.39 is 9.84 Å². The molecule has 3 rings (SSSR count). The van der Waals surface area contributed by atoms with E-state index >= 15 is 0 Å². The summed E-state index contributed by atoms with van der Waals surface area (Å²) in [7, 11) is -3.42. The number of hydrogen-bond acceptors (Lipinski definition) is 5. The molecule has 2 aliphatic rings. The van der Waals surface area contributed by atoms with Crippen molar-refractivity contribution in [1.82, 2.24) is 0 Å². The van der Waals surface area contributed by atoms with Crippen LogP contribution >= 0.6 is 0 Å². The van der Waals surface area contributed by atoms with Gasteiger partial charge in [-0.25, -0.2) is 8.42 Å². The Balaban J connectivity index is 1.98. The van der Waals surface area contributed by atoms with Gasteiger partial charge in [0.05, 0.1) is 22.9 Å². The van der Waals surface area contributed by atoms with Crippen molar-refractivity contribution in [3.05, 3.63) is 18.2 Å². The first-order chi connectivity index (χ1) is 10.0. The summed E-state index contributed by atoms with van der Waals surface area (Å²) in [5.74, 6) is 0.596. The van der Waals surface area contributed by atoms with Crippen LogP contribution in [0.1, 0.15) is 12.8 Å². The highest BCUT2D eigenvalue weighted by Crippen LogP contribution is 2.38. The molecule has 1 aromatic rings. The molecule has 0 atom stereocenters. The predicted molar refractivity (Wildman–Crippen MR) is 78.1 cm³/mol. The number of benzene rings is 1. The van der Waals surface area contributed by atoms with Crippen LogP contribution in [0.15, 0.2) is 23.1 Å². The number of amides is 1. The molecule has 0 bridgehead atoms. The van der Waals surface area contributed by atoms with E-state index in [4.69, 9.17) is 10.5 Å². The topological polar surface area (TPSA) is 89.7 Å². The molecule has 2 N–H and O–H groups in total. The summed E-state index contributed by atoms with van der Waals surface area (Å²) in [6.45, 7) is 0.962. The van der Waals surface area contributed by atoms with Gasteiger partial charge in [0.25, 0.3) is 0 Å². The molecule has 7 heteroatoms. The molecule has 1 saturated carbocycles. The number of nitrogens with two attached hydrogens (primary N) is 1. The van der Waals surface area contributed by atoms with Gasteiger partial charge in [0.15, 0.2) is 9.84 Å². The average Bonchev–Trinajstić information content (AvgIpc) is 3.30. The third kappa shape index (κ3) is 2.75. The molecule has 0 radical (unpaired) electrons. The molecule has 21 heavy (non-hydrogen) atoms. The minimum Gasteiger partial charge on any atom is -0.490 e. The van der Waals surface area contributed by atoms with Crippen molar-refractivity contribution in [3.63, 3.8) is 0 Å². The molecular formula is C14H18N2O4S. The van der Waals surface area contributed by atoms with Crippen LogP contribution in [0.4, 0.5) is 5.69 Å². The molecule has 114 valence electrons. The second kappa shape index (κ2) is 5.31. The molecule has 6 nitrogen and oxygen atoms in total. The quantitative estimate of drug-likeness (QED) is 0.877. The lowest BCUT2D eigenvalue weighted by Gasteiger charge is -2.30. The Hall–Kier alpha value is -1.60. The average molecular weight is 310 g/mol. The van der Waals surface area contributed by atoms with E-state index in [9.17, 15) is 13.2 Å². The molecule has 1 heterocycles. The third-order valence-electron chi connectivity index (χ3n) is 3.73. The van der Waals surface area contributed by atoms with Crippen molar-refractivity contribution in [2.24, 2.45) is 11.7 Å². The van der Waals surface area contributed by atoms with E-state index in [-0.39, 0.29) is 29.0 Å². The van der Waals surface area contributed by atoms with Gasteiger partial charge in [-0.3, -0.25) is 4.79 Å². The molecule has 1 amide bonds. The Bertz CT molecular complexity index is 668. The van der Waals surface area contributed by atoms with Gasteiger partial charge < -0.3 is 15.4 Å². The molecule has 1 fully saturated rings. The number of ether oxygens (including phenoxy) is 1. The first-order valence-corrected chi connectivity index (χ1v) is 8.69. The van der Waals surface area contributed by atoms with Crippen molar-refractivity contribution in [3.8, 4) is 5.75 Å². The second-order valence-electron chi connectivity index (χ2n) is 5.35. The first-order valence-electron chi connectivity index (χ1n) is 7.04. The monoisotopic (exact) mass is 310 g/mol. The van der Waals surface area contributed by atoms with Crippen LogP contribution in [0.25, 0.3) is 0 Å². The minimum atomic E-state index is -3.42. The number of carbonyl (C=O) groups excluding carboxylic acids is 1. The maximum Gasteiger partial charge on any atom is 0.230 e. The van der Waals surface area contributed by atoms with Crippen LogP contribution in [-0.2, 0) is 14.6 Å². The summed E-state index contributed by atoms with van der Waals surface area (Å²) in [5.41, 5.74) is 5.90. The van der Waals surface area contributed by atoms with Crippen LogP contribution < -0.4 is 15.4 Å². The van der Waals surface area contributed by atoms with Crippen LogP contribution in [0.3, 0.4) is 0 Å². The minimum absolute atomic E-state index is 0.0629. The Morgan fingerprint density at radius 1 is 1.38 bits per heavy atom. The molecule has 0 unspecified atom stereocenters. The molecular weight excluding hydrogens is 292 g/mol. The Morgan fingerprint density at radius 3 is 2.81 bits per heavy atom. The van der Waals surface area contributed by atoms with E-state index in [0.717, 1.165) is 12.8 Å². The summed E-state index contributed by atoms with van der Waals surface area (Å²) in [6.07, 6.45) is 1.83. The molecule has 0 saturated heterocycles. The standard InChI is InChI=1S/C14H18N2O4S/c15-5-8-21(18,19)11-3-4-13-12(9-11)16(6-7-20-13)14(17)10-1-2-10/h3-4,9-10H,1-2,5-8,15H2. The molecule has 1 aliphatic carbocycles. The number of rotatable bonds is 4. The highest BCUT2D eigenvalue weighted by molar-refractivity contribution is 7.91. The zero-order chi connectivity index (χ0) is 15.0. The highest BCUT2D eigenvalue weighted by atomic mass is 32.2.